The van der Waals surface area contributed by atoms with E-state index in [4.69, 9.17) is 0 Å². The molecule has 0 fully saturated rings. The summed E-state index contributed by atoms with van der Waals surface area (Å²) in [4.78, 5) is 20.6. The molecule has 3 nitrogen and oxygen atoms in total. The molecule has 0 aliphatic carbocycles. The highest BCUT2D eigenvalue weighted by Crippen LogP contribution is 2.13. The molecule has 1 aromatic carbocycles. The normalized spacial score (nSPS) is 10.4. The fraction of sp³-hybridized carbons (Fsp3) is 0. The number of rotatable bonds is 2. The van der Waals surface area contributed by atoms with Crippen molar-refractivity contribution in [3.8, 4) is 0 Å². The number of para-hydroxylation sites is 1. The molecule has 0 N–H and O–H groups in total. The number of hydrogen-bond donors (Lipinski definition) is 0. The summed E-state index contributed by atoms with van der Waals surface area (Å²) in [5.74, 6) is -0.152. The highest BCUT2D eigenvalue weighted by Gasteiger charge is 2.11. The number of nitrogens with zero attached hydrogens (tertiary/aromatic N) is 2. The fourth-order valence-corrected chi connectivity index (χ4v) is 1.82. The zero-order valence-corrected chi connectivity index (χ0v) is 9.58. The maximum absolute atomic E-state index is 12.2. The molecule has 0 saturated carbocycles. The van der Waals surface area contributed by atoms with Gasteiger partial charge in [-0.05, 0) is 24.3 Å². The van der Waals surface area contributed by atoms with Gasteiger partial charge in [-0.15, -0.1) is 0 Å². The highest BCUT2D eigenvalue weighted by atomic mass is 16.1. The predicted octanol–water partition coefficient (Wildman–Crippen LogP) is 2.86. The lowest BCUT2D eigenvalue weighted by molar-refractivity contribution is 0.103. The summed E-state index contributed by atoms with van der Waals surface area (Å²) in [7, 11) is 0. The number of pyridine rings is 2. The Kier molecular flexibility index (Phi) is 2.57. The molecular formula is C15H10N2O. The van der Waals surface area contributed by atoms with Gasteiger partial charge in [-0.1, -0.05) is 30.3 Å². The highest BCUT2D eigenvalue weighted by molar-refractivity contribution is 6.07. The molecule has 3 aromatic rings. The third-order valence-electron chi connectivity index (χ3n) is 2.73. The number of fused-ring (bicyclic) bond motifs is 1. The summed E-state index contributed by atoms with van der Waals surface area (Å²) in [5, 5.41) is 1.02. The number of aromatic nitrogens is 2. The molecule has 0 unspecified atom stereocenters. The first-order valence-electron chi connectivity index (χ1n) is 5.66. The molecule has 18 heavy (non-hydrogen) atoms. The van der Waals surface area contributed by atoms with Gasteiger partial charge in [0.2, 0.25) is 5.78 Å². The van der Waals surface area contributed by atoms with E-state index in [2.05, 4.69) is 9.97 Å². The van der Waals surface area contributed by atoms with Crippen molar-refractivity contribution >= 4 is 16.7 Å². The van der Waals surface area contributed by atoms with E-state index in [1.54, 1.807) is 30.5 Å². The van der Waals surface area contributed by atoms with Crippen molar-refractivity contribution in [2.24, 2.45) is 0 Å². The molecule has 0 atom stereocenters. The molecule has 2 heterocycles. The van der Waals surface area contributed by atoms with Crippen molar-refractivity contribution in [1.82, 2.24) is 9.97 Å². The van der Waals surface area contributed by atoms with Gasteiger partial charge < -0.3 is 0 Å². The molecule has 0 spiro atoms. The smallest absolute Gasteiger partial charge is 0.229 e. The van der Waals surface area contributed by atoms with Crippen molar-refractivity contribution in [1.29, 1.82) is 0 Å². The maximum atomic E-state index is 12.2. The Morgan fingerprint density at radius 1 is 0.833 bits per heavy atom. The van der Waals surface area contributed by atoms with Crippen LogP contribution in [0.4, 0.5) is 0 Å². The van der Waals surface area contributed by atoms with E-state index in [-0.39, 0.29) is 5.78 Å². The number of carbonyl (C=O) groups excluding carboxylic acids is 1. The molecule has 0 aliphatic heterocycles. The summed E-state index contributed by atoms with van der Waals surface area (Å²) in [6.45, 7) is 0. The predicted molar refractivity (Wildman–Crippen MR) is 69.4 cm³/mol. The largest absolute Gasteiger partial charge is 0.285 e. The van der Waals surface area contributed by atoms with Crippen LogP contribution < -0.4 is 0 Å². The molecule has 0 radical (unpaired) electrons. The second kappa shape index (κ2) is 4.37. The van der Waals surface area contributed by atoms with E-state index in [9.17, 15) is 4.79 Å². The first kappa shape index (κ1) is 10.6. The summed E-state index contributed by atoms with van der Waals surface area (Å²) >= 11 is 0. The van der Waals surface area contributed by atoms with E-state index >= 15 is 0 Å². The molecule has 3 heteroatoms. The van der Waals surface area contributed by atoms with Crippen molar-refractivity contribution in [3.63, 3.8) is 0 Å². The van der Waals surface area contributed by atoms with Gasteiger partial charge in [0.1, 0.15) is 11.4 Å². The monoisotopic (exact) mass is 234 g/mol. The van der Waals surface area contributed by atoms with E-state index in [1.807, 2.05) is 30.3 Å². The molecule has 0 bridgehead atoms. The summed E-state index contributed by atoms with van der Waals surface area (Å²) in [6.07, 6.45) is 1.61. The second-order valence-electron chi connectivity index (χ2n) is 3.93. The lowest BCUT2D eigenvalue weighted by atomic mass is 10.1. The summed E-state index contributed by atoms with van der Waals surface area (Å²) in [6, 6.07) is 16.6. The van der Waals surface area contributed by atoms with Crippen LogP contribution in [0.3, 0.4) is 0 Å². The van der Waals surface area contributed by atoms with Crippen LogP contribution in [0.5, 0.6) is 0 Å². The molecule has 3 rings (SSSR count). The van der Waals surface area contributed by atoms with Crippen molar-refractivity contribution in [3.05, 3.63) is 72.2 Å². The van der Waals surface area contributed by atoms with E-state index in [1.165, 1.54) is 0 Å². The van der Waals surface area contributed by atoms with Crippen LogP contribution in [0.1, 0.15) is 16.2 Å². The first-order chi connectivity index (χ1) is 8.84. The van der Waals surface area contributed by atoms with E-state index < -0.39 is 0 Å². The molecular weight excluding hydrogens is 224 g/mol. The third kappa shape index (κ3) is 1.86. The Morgan fingerprint density at radius 2 is 1.67 bits per heavy atom. The minimum atomic E-state index is -0.152. The van der Waals surface area contributed by atoms with Crippen LogP contribution in [0.2, 0.25) is 0 Å². The van der Waals surface area contributed by atoms with Crippen LogP contribution in [-0.2, 0) is 0 Å². The minimum Gasteiger partial charge on any atom is -0.285 e. The molecule has 0 saturated heterocycles. The van der Waals surface area contributed by atoms with Gasteiger partial charge in [-0.25, -0.2) is 4.98 Å². The standard InChI is InChI=1S/C15H10N2O/c18-15(13-7-3-4-10-16-13)14-9-8-11-5-1-2-6-12(11)17-14/h1-10H. The SMILES string of the molecule is O=C(c1ccccn1)c1ccc2ccccc2n1. The Morgan fingerprint density at radius 3 is 2.50 bits per heavy atom. The van der Waals surface area contributed by atoms with Gasteiger partial charge in [-0.2, -0.15) is 0 Å². The van der Waals surface area contributed by atoms with Crippen LogP contribution in [0, 0.1) is 0 Å². The molecule has 0 aliphatic rings. The van der Waals surface area contributed by atoms with Gasteiger partial charge >= 0.3 is 0 Å². The van der Waals surface area contributed by atoms with Crippen LogP contribution in [0.15, 0.2) is 60.8 Å². The maximum Gasteiger partial charge on any atom is 0.229 e. The quantitative estimate of drug-likeness (QED) is 0.640. The van der Waals surface area contributed by atoms with Crippen LogP contribution >= 0.6 is 0 Å². The van der Waals surface area contributed by atoms with E-state index in [0.29, 0.717) is 11.4 Å². The van der Waals surface area contributed by atoms with Crippen molar-refractivity contribution in [2.45, 2.75) is 0 Å². The lowest BCUT2D eigenvalue weighted by Gasteiger charge is -2.01. The van der Waals surface area contributed by atoms with Gasteiger partial charge in [0.05, 0.1) is 5.52 Å². The second-order valence-corrected chi connectivity index (χ2v) is 3.93. The number of hydrogen-bond acceptors (Lipinski definition) is 3. The number of carbonyl (C=O) groups is 1. The number of ketones is 1. The number of benzene rings is 1. The average Bonchev–Trinajstić information content (AvgIpc) is 2.47. The zero-order valence-electron chi connectivity index (χ0n) is 9.58. The lowest BCUT2D eigenvalue weighted by Crippen LogP contribution is -2.05. The topological polar surface area (TPSA) is 42.9 Å². The van der Waals surface area contributed by atoms with Gasteiger partial charge in [0, 0.05) is 11.6 Å². The first-order valence-corrected chi connectivity index (χ1v) is 5.66. The summed E-state index contributed by atoms with van der Waals surface area (Å²) in [5.41, 5.74) is 1.66. The Balaban J connectivity index is 2.07. The van der Waals surface area contributed by atoms with Crippen molar-refractivity contribution < 1.29 is 4.79 Å². The molecule has 86 valence electrons. The average molecular weight is 234 g/mol. The van der Waals surface area contributed by atoms with E-state index in [0.717, 1.165) is 10.9 Å². The van der Waals surface area contributed by atoms with Crippen LogP contribution in [0.25, 0.3) is 10.9 Å². The Bertz CT molecular complexity index is 708. The zero-order chi connectivity index (χ0) is 12.4. The molecule has 2 aromatic heterocycles. The van der Waals surface area contributed by atoms with Crippen molar-refractivity contribution in [2.75, 3.05) is 0 Å². The summed E-state index contributed by atoms with van der Waals surface area (Å²) < 4.78 is 0. The Hall–Kier alpha value is -2.55. The third-order valence-corrected chi connectivity index (χ3v) is 2.73. The fourth-order valence-electron chi connectivity index (χ4n) is 1.82. The molecule has 0 amide bonds. The minimum absolute atomic E-state index is 0.152. The van der Waals surface area contributed by atoms with Gasteiger partial charge in [0.15, 0.2) is 0 Å². The van der Waals surface area contributed by atoms with Gasteiger partial charge in [-0.3, -0.25) is 9.78 Å². The van der Waals surface area contributed by atoms with Crippen LogP contribution in [-0.4, -0.2) is 15.8 Å². The van der Waals surface area contributed by atoms with Gasteiger partial charge in [0.25, 0.3) is 0 Å². The Labute approximate surface area is 104 Å².